The van der Waals surface area contributed by atoms with Crippen LogP contribution in [-0.2, 0) is 13.0 Å². The number of aryl methyl sites for hydroxylation is 1. The quantitative estimate of drug-likeness (QED) is 0.719. The molecule has 8 heteroatoms. The maximum atomic E-state index is 12.6. The van der Waals surface area contributed by atoms with Crippen LogP contribution in [0.5, 0.6) is 0 Å². The van der Waals surface area contributed by atoms with Gasteiger partial charge in [0.2, 0.25) is 0 Å². The molecular formula is C19H18N4O3S. The predicted molar refractivity (Wildman–Crippen MR) is 103 cm³/mol. The Hall–Kier alpha value is -3.13. The van der Waals surface area contributed by atoms with Gasteiger partial charge in [-0.1, -0.05) is 29.5 Å². The summed E-state index contributed by atoms with van der Waals surface area (Å²) in [5.74, 6) is -0.0948. The highest BCUT2D eigenvalue weighted by Gasteiger charge is 2.25. The molecule has 0 radical (unpaired) electrons. The van der Waals surface area contributed by atoms with E-state index in [1.54, 1.807) is 17.0 Å². The molecule has 0 spiro atoms. The first-order valence-corrected chi connectivity index (χ1v) is 9.37. The van der Waals surface area contributed by atoms with Crippen molar-refractivity contribution in [1.82, 2.24) is 9.88 Å². The number of nitrogens with zero attached hydrogens (tertiary/aromatic N) is 2. The van der Waals surface area contributed by atoms with Crippen LogP contribution in [0.25, 0.3) is 0 Å². The first-order valence-electron chi connectivity index (χ1n) is 8.55. The molecule has 3 heterocycles. The zero-order valence-corrected chi connectivity index (χ0v) is 15.5. The molecule has 7 nitrogen and oxygen atoms in total. The number of furan rings is 1. The highest BCUT2D eigenvalue weighted by molar-refractivity contribution is 7.15. The number of fused-ring (bicyclic) bond motifs is 1. The third kappa shape index (κ3) is 3.70. The van der Waals surface area contributed by atoms with Gasteiger partial charge in [0, 0.05) is 23.5 Å². The minimum Gasteiger partial charge on any atom is -0.459 e. The summed E-state index contributed by atoms with van der Waals surface area (Å²) in [5, 5.41) is 6.22. The lowest BCUT2D eigenvalue weighted by atomic mass is 10.2. The fourth-order valence-corrected chi connectivity index (χ4v) is 3.92. The Bertz CT molecular complexity index is 981. The lowest BCUT2D eigenvalue weighted by Crippen LogP contribution is -2.38. The van der Waals surface area contributed by atoms with Crippen LogP contribution in [0.15, 0.2) is 47.1 Å². The Balaban J connectivity index is 1.42. The number of urea groups is 1. The summed E-state index contributed by atoms with van der Waals surface area (Å²) in [7, 11) is 0. The second-order valence-electron chi connectivity index (χ2n) is 6.24. The van der Waals surface area contributed by atoms with Crippen molar-refractivity contribution in [2.45, 2.75) is 19.9 Å². The molecule has 1 aromatic carbocycles. The third-order valence-electron chi connectivity index (χ3n) is 4.37. The van der Waals surface area contributed by atoms with Gasteiger partial charge >= 0.3 is 6.03 Å². The normalized spacial score (nSPS) is 13.1. The summed E-state index contributed by atoms with van der Waals surface area (Å²) in [5.41, 5.74) is 2.75. The smallest absolute Gasteiger partial charge is 0.322 e. The predicted octanol–water partition coefficient (Wildman–Crippen LogP) is 3.89. The van der Waals surface area contributed by atoms with Gasteiger partial charge in [-0.05, 0) is 30.7 Å². The second-order valence-corrected chi connectivity index (χ2v) is 7.32. The van der Waals surface area contributed by atoms with Gasteiger partial charge in [-0.3, -0.25) is 10.1 Å². The molecule has 3 amide bonds. The molecule has 0 saturated heterocycles. The van der Waals surface area contributed by atoms with Crippen LogP contribution in [0.3, 0.4) is 0 Å². The van der Waals surface area contributed by atoms with E-state index in [9.17, 15) is 9.59 Å². The van der Waals surface area contributed by atoms with E-state index in [0.717, 1.165) is 21.8 Å². The minimum atomic E-state index is -0.333. The summed E-state index contributed by atoms with van der Waals surface area (Å²) >= 11 is 1.39. The van der Waals surface area contributed by atoms with E-state index >= 15 is 0 Å². The van der Waals surface area contributed by atoms with E-state index in [1.165, 1.54) is 17.6 Å². The maximum Gasteiger partial charge on any atom is 0.322 e. The van der Waals surface area contributed by atoms with Gasteiger partial charge in [-0.15, -0.1) is 0 Å². The number of para-hydroxylation sites is 1. The Morgan fingerprint density at radius 3 is 2.81 bits per heavy atom. The molecule has 0 aliphatic carbocycles. The third-order valence-corrected chi connectivity index (χ3v) is 5.37. The number of nitrogens with one attached hydrogen (secondary N) is 2. The lowest BCUT2D eigenvalue weighted by molar-refractivity contribution is 0.0996. The van der Waals surface area contributed by atoms with E-state index in [0.29, 0.717) is 24.6 Å². The van der Waals surface area contributed by atoms with Gasteiger partial charge in [0.05, 0.1) is 18.5 Å². The molecule has 4 rings (SSSR count). The molecule has 0 bridgehead atoms. The molecule has 27 heavy (non-hydrogen) atoms. The Morgan fingerprint density at radius 1 is 1.19 bits per heavy atom. The average molecular weight is 382 g/mol. The maximum absolute atomic E-state index is 12.6. The van der Waals surface area contributed by atoms with Crippen LogP contribution in [0.2, 0.25) is 0 Å². The zero-order chi connectivity index (χ0) is 18.8. The molecule has 3 aromatic rings. The highest BCUT2D eigenvalue weighted by Crippen LogP contribution is 2.29. The number of anilines is 2. The Labute approximate surface area is 160 Å². The molecule has 138 valence electrons. The van der Waals surface area contributed by atoms with Crippen molar-refractivity contribution in [3.05, 3.63) is 64.6 Å². The molecule has 0 atom stereocenters. The summed E-state index contributed by atoms with van der Waals surface area (Å²) in [6.45, 7) is 3.02. The molecule has 0 saturated carbocycles. The summed E-state index contributed by atoms with van der Waals surface area (Å²) in [6, 6.07) is 10.8. The SMILES string of the molecule is Cc1ccccc1NC(=O)N1CCc2nc(NC(=O)c3ccco3)sc2C1. The van der Waals surface area contributed by atoms with Crippen LogP contribution in [-0.4, -0.2) is 28.4 Å². The van der Waals surface area contributed by atoms with Crippen LogP contribution in [0.1, 0.15) is 26.7 Å². The number of hydrogen-bond donors (Lipinski definition) is 2. The van der Waals surface area contributed by atoms with Crippen molar-refractivity contribution in [3.8, 4) is 0 Å². The number of rotatable bonds is 3. The highest BCUT2D eigenvalue weighted by atomic mass is 32.1. The topological polar surface area (TPSA) is 87.5 Å². The monoisotopic (exact) mass is 382 g/mol. The number of hydrogen-bond acceptors (Lipinski definition) is 5. The summed E-state index contributed by atoms with van der Waals surface area (Å²) in [4.78, 5) is 31.9. The van der Waals surface area contributed by atoms with E-state index in [1.807, 2.05) is 31.2 Å². The van der Waals surface area contributed by atoms with Gasteiger partial charge in [0.15, 0.2) is 10.9 Å². The molecule has 2 aromatic heterocycles. The average Bonchev–Trinajstić information content (AvgIpc) is 3.32. The molecular weight excluding hydrogens is 364 g/mol. The fourth-order valence-electron chi connectivity index (χ4n) is 2.90. The Kier molecular flexibility index (Phi) is 4.64. The van der Waals surface area contributed by atoms with Crippen molar-refractivity contribution < 1.29 is 14.0 Å². The van der Waals surface area contributed by atoms with Gasteiger partial charge in [-0.25, -0.2) is 9.78 Å². The van der Waals surface area contributed by atoms with Gasteiger partial charge in [0.1, 0.15) is 0 Å². The van der Waals surface area contributed by atoms with E-state index in [2.05, 4.69) is 15.6 Å². The number of aromatic nitrogens is 1. The number of benzene rings is 1. The number of carbonyl (C=O) groups is 2. The number of thiazole rings is 1. The molecule has 0 fully saturated rings. The van der Waals surface area contributed by atoms with E-state index < -0.39 is 0 Å². The van der Waals surface area contributed by atoms with E-state index in [-0.39, 0.29) is 17.7 Å². The summed E-state index contributed by atoms with van der Waals surface area (Å²) in [6.07, 6.45) is 2.11. The van der Waals surface area contributed by atoms with Crippen molar-refractivity contribution in [2.75, 3.05) is 17.2 Å². The fraction of sp³-hybridized carbons (Fsp3) is 0.211. The largest absolute Gasteiger partial charge is 0.459 e. The zero-order valence-electron chi connectivity index (χ0n) is 14.7. The van der Waals surface area contributed by atoms with Crippen LogP contribution in [0, 0.1) is 6.92 Å². The molecule has 1 aliphatic rings. The van der Waals surface area contributed by atoms with Crippen LogP contribution >= 0.6 is 11.3 Å². The van der Waals surface area contributed by atoms with E-state index in [4.69, 9.17) is 4.42 Å². The first kappa shape index (κ1) is 17.3. The van der Waals surface area contributed by atoms with Crippen LogP contribution < -0.4 is 10.6 Å². The molecule has 1 aliphatic heterocycles. The standard InChI is InChI=1S/C19H18N4O3S/c1-12-5-2-3-6-13(12)21-19(25)23-9-8-14-16(11-23)27-18(20-14)22-17(24)15-7-4-10-26-15/h2-7,10H,8-9,11H2,1H3,(H,21,25)(H,20,22,24). The van der Waals surface area contributed by atoms with Gasteiger partial charge in [0.25, 0.3) is 5.91 Å². The van der Waals surface area contributed by atoms with Crippen molar-refractivity contribution in [1.29, 1.82) is 0 Å². The Morgan fingerprint density at radius 2 is 2.04 bits per heavy atom. The lowest BCUT2D eigenvalue weighted by Gasteiger charge is -2.26. The van der Waals surface area contributed by atoms with Gasteiger partial charge in [-0.2, -0.15) is 0 Å². The van der Waals surface area contributed by atoms with Crippen LogP contribution in [0.4, 0.5) is 15.6 Å². The van der Waals surface area contributed by atoms with Crippen molar-refractivity contribution >= 4 is 34.1 Å². The first-order chi connectivity index (χ1) is 13.1. The van der Waals surface area contributed by atoms with Gasteiger partial charge < -0.3 is 14.6 Å². The second kappa shape index (κ2) is 7.24. The molecule has 2 N–H and O–H groups in total. The van der Waals surface area contributed by atoms with Crippen molar-refractivity contribution in [3.63, 3.8) is 0 Å². The molecule has 0 unspecified atom stereocenters. The minimum absolute atomic E-state index is 0.135. The number of amides is 3. The van der Waals surface area contributed by atoms with Crippen molar-refractivity contribution in [2.24, 2.45) is 0 Å². The number of carbonyl (C=O) groups excluding carboxylic acids is 2. The summed E-state index contributed by atoms with van der Waals surface area (Å²) < 4.78 is 5.09.